The van der Waals surface area contributed by atoms with Crippen molar-refractivity contribution >= 4 is 0 Å². The van der Waals surface area contributed by atoms with Crippen molar-refractivity contribution < 1.29 is 9.84 Å². The average Bonchev–Trinajstić information content (AvgIpc) is 2.87. The average molecular weight is 266 g/mol. The summed E-state index contributed by atoms with van der Waals surface area (Å²) in [6.07, 6.45) is 1.94. The topological polar surface area (TPSA) is 29.5 Å². The van der Waals surface area contributed by atoms with E-state index in [9.17, 15) is 5.11 Å². The molecule has 2 aromatic carbocycles. The second kappa shape index (κ2) is 4.72. The Morgan fingerprint density at radius 3 is 2.35 bits per heavy atom. The van der Waals surface area contributed by atoms with E-state index >= 15 is 0 Å². The number of hydrogen-bond acceptors (Lipinski definition) is 2. The first-order valence-corrected chi connectivity index (χ1v) is 7.28. The summed E-state index contributed by atoms with van der Waals surface area (Å²) in [4.78, 5) is 0. The highest BCUT2D eigenvalue weighted by atomic mass is 16.5. The fourth-order valence-electron chi connectivity index (χ4n) is 3.70. The summed E-state index contributed by atoms with van der Waals surface area (Å²) in [7, 11) is 0. The molecule has 0 aromatic heterocycles. The third kappa shape index (κ3) is 1.80. The molecule has 0 unspecified atom stereocenters. The van der Waals surface area contributed by atoms with Crippen LogP contribution in [-0.2, 0) is 11.2 Å². The molecule has 1 aliphatic carbocycles. The minimum Gasteiger partial charge on any atom is -0.394 e. The van der Waals surface area contributed by atoms with Crippen molar-refractivity contribution in [3.63, 3.8) is 0 Å². The third-order valence-corrected chi connectivity index (χ3v) is 4.62. The molecular weight excluding hydrogens is 248 g/mol. The van der Waals surface area contributed by atoms with Gasteiger partial charge in [-0.25, -0.2) is 0 Å². The minimum atomic E-state index is -0.0378. The molecule has 1 N–H and O–H groups in total. The van der Waals surface area contributed by atoms with Crippen molar-refractivity contribution in [3.05, 3.63) is 70.8 Å². The normalized spacial score (nSPS) is 27.4. The molecule has 0 radical (unpaired) electrons. The lowest BCUT2D eigenvalue weighted by atomic mass is 9.87. The summed E-state index contributed by atoms with van der Waals surface area (Å²) in [5.41, 5.74) is 5.44. The smallest absolute Gasteiger partial charge is 0.0902 e. The predicted molar refractivity (Wildman–Crippen MR) is 77.7 cm³/mol. The zero-order valence-electron chi connectivity index (χ0n) is 11.3. The SMILES string of the molecule is OC[C@H]1C[C@@H]2c3ccccc3Cc3ccccc3[C@H]2O1. The van der Waals surface area contributed by atoms with Crippen LogP contribution in [0, 0.1) is 0 Å². The van der Waals surface area contributed by atoms with Gasteiger partial charge < -0.3 is 9.84 Å². The van der Waals surface area contributed by atoms with Crippen molar-refractivity contribution in [3.8, 4) is 0 Å². The van der Waals surface area contributed by atoms with Gasteiger partial charge in [-0.1, -0.05) is 48.5 Å². The third-order valence-electron chi connectivity index (χ3n) is 4.62. The van der Waals surface area contributed by atoms with Crippen LogP contribution >= 0.6 is 0 Å². The lowest BCUT2D eigenvalue weighted by Gasteiger charge is -2.19. The van der Waals surface area contributed by atoms with Crippen LogP contribution in [0.1, 0.15) is 40.7 Å². The van der Waals surface area contributed by atoms with Gasteiger partial charge in [-0.05, 0) is 35.1 Å². The van der Waals surface area contributed by atoms with Crippen LogP contribution in [0.15, 0.2) is 48.5 Å². The first kappa shape index (κ1) is 12.1. The molecule has 2 aromatic rings. The van der Waals surface area contributed by atoms with Gasteiger partial charge in [-0.2, -0.15) is 0 Å². The fraction of sp³-hybridized carbons (Fsp3) is 0.333. The van der Waals surface area contributed by atoms with Crippen LogP contribution in [-0.4, -0.2) is 17.8 Å². The molecule has 1 fully saturated rings. The maximum atomic E-state index is 9.45. The maximum absolute atomic E-state index is 9.45. The Bertz CT molecular complexity index is 581. The molecule has 1 heterocycles. The highest BCUT2D eigenvalue weighted by Crippen LogP contribution is 2.48. The molecule has 2 heteroatoms. The summed E-state index contributed by atoms with van der Waals surface area (Å²) in [5, 5.41) is 9.45. The number of ether oxygens (including phenoxy) is 1. The molecule has 2 aliphatic rings. The Labute approximate surface area is 119 Å². The molecule has 3 atom stereocenters. The van der Waals surface area contributed by atoms with E-state index < -0.39 is 0 Å². The molecule has 0 saturated carbocycles. The molecule has 1 aliphatic heterocycles. The molecule has 2 nitrogen and oxygen atoms in total. The van der Waals surface area contributed by atoms with Crippen molar-refractivity contribution in [1.82, 2.24) is 0 Å². The van der Waals surface area contributed by atoms with E-state index in [1.807, 2.05) is 0 Å². The van der Waals surface area contributed by atoms with Crippen LogP contribution in [0.3, 0.4) is 0 Å². The Morgan fingerprint density at radius 1 is 0.950 bits per heavy atom. The van der Waals surface area contributed by atoms with Gasteiger partial charge in [0.15, 0.2) is 0 Å². The van der Waals surface area contributed by atoms with Crippen molar-refractivity contribution in [2.45, 2.75) is 31.0 Å². The largest absolute Gasteiger partial charge is 0.394 e. The van der Waals surface area contributed by atoms with Crippen LogP contribution < -0.4 is 0 Å². The lowest BCUT2D eigenvalue weighted by Crippen LogP contribution is -2.11. The highest BCUT2D eigenvalue weighted by molar-refractivity contribution is 5.45. The summed E-state index contributed by atoms with van der Waals surface area (Å²) < 4.78 is 6.13. The molecule has 1 saturated heterocycles. The standard InChI is InChI=1S/C18H18O2/c19-11-14-10-17-15-7-3-1-5-12(15)9-13-6-2-4-8-16(13)18(17)20-14/h1-8,14,17-19H,9-11H2/t14-,17-,18-/m1/s1. The van der Waals surface area contributed by atoms with Gasteiger partial charge in [0, 0.05) is 5.92 Å². The van der Waals surface area contributed by atoms with Crippen molar-refractivity contribution in [1.29, 1.82) is 0 Å². The molecule has 0 spiro atoms. The second-order valence-corrected chi connectivity index (χ2v) is 5.78. The number of aliphatic hydroxyl groups excluding tert-OH is 1. The van der Waals surface area contributed by atoms with Gasteiger partial charge in [0.25, 0.3) is 0 Å². The summed E-state index contributed by atoms with van der Waals surface area (Å²) >= 11 is 0. The fourth-order valence-corrected chi connectivity index (χ4v) is 3.70. The Hall–Kier alpha value is -1.64. The monoisotopic (exact) mass is 266 g/mol. The number of fused-ring (bicyclic) bond motifs is 5. The first-order chi connectivity index (χ1) is 9.86. The van der Waals surface area contributed by atoms with Gasteiger partial charge >= 0.3 is 0 Å². The second-order valence-electron chi connectivity index (χ2n) is 5.78. The van der Waals surface area contributed by atoms with Crippen LogP contribution in [0.2, 0.25) is 0 Å². The van der Waals surface area contributed by atoms with Crippen LogP contribution in [0.4, 0.5) is 0 Å². The maximum Gasteiger partial charge on any atom is 0.0902 e. The van der Waals surface area contributed by atoms with E-state index in [1.54, 1.807) is 0 Å². The van der Waals surface area contributed by atoms with E-state index in [0.717, 1.165) is 12.8 Å². The Kier molecular flexibility index (Phi) is 2.86. The van der Waals surface area contributed by atoms with Crippen molar-refractivity contribution in [2.24, 2.45) is 0 Å². The number of benzene rings is 2. The van der Waals surface area contributed by atoms with E-state index in [-0.39, 0.29) is 18.8 Å². The molecule has 102 valence electrons. The van der Waals surface area contributed by atoms with E-state index in [4.69, 9.17) is 4.74 Å². The van der Waals surface area contributed by atoms with Gasteiger partial charge in [0.05, 0.1) is 18.8 Å². The van der Waals surface area contributed by atoms with E-state index in [1.165, 1.54) is 22.3 Å². The number of rotatable bonds is 1. The first-order valence-electron chi connectivity index (χ1n) is 7.28. The van der Waals surface area contributed by atoms with Crippen LogP contribution in [0.25, 0.3) is 0 Å². The highest BCUT2D eigenvalue weighted by Gasteiger charge is 2.40. The Balaban J connectivity index is 1.89. The minimum absolute atomic E-state index is 0.0378. The predicted octanol–water partition coefficient (Wildman–Crippen LogP) is 3.20. The lowest BCUT2D eigenvalue weighted by molar-refractivity contribution is 0.00841. The van der Waals surface area contributed by atoms with Gasteiger partial charge in [0.1, 0.15) is 0 Å². The molecule has 0 bridgehead atoms. The zero-order valence-corrected chi connectivity index (χ0v) is 11.3. The zero-order chi connectivity index (χ0) is 13.5. The Morgan fingerprint density at radius 2 is 1.60 bits per heavy atom. The molecule has 20 heavy (non-hydrogen) atoms. The van der Waals surface area contributed by atoms with Crippen molar-refractivity contribution in [2.75, 3.05) is 6.61 Å². The summed E-state index contributed by atoms with van der Waals surface area (Å²) in [6, 6.07) is 17.2. The summed E-state index contributed by atoms with van der Waals surface area (Å²) in [5.74, 6) is 0.368. The number of aliphatic hydroxyl groups is 1. The van der Waals surface area contributed by atoms with Crippen LogP contribution in [0.5, 0.6) is 0 Å². The van der Waals surface area contributed by atoms with Gasteiger partial charge in [-0.15, -0.1) is 0 Å². The quantitative estimate of drug-likeness (QED) is 0.859. The van der Waals surface area contributed by atoms with E-state index in [2.05, 4.69) is 48.5 Å². The summed E-state index contributed by atoms with van der Waals surface area (Å²) in [6.45, 7) is 0.108. The number of hydrogen-bond donors (Lipinski definition) is 1. The molecule has 4 rings (SSSR count). The molecule has 0 amide bonds. The molecular formula is C18H18O2. The van der Waals surface area contributed by atoms with Gasteiger partial charge in [-0.3, -0.25) is 0 Å². The van der Waals surface area contributed by atoms with Gasteiger partial charge in [0.2, 0.25) is 0 Å². The van der Waals surface area contributed by atoms with E-state index in [0.29, 0.717) is 5.92 Å².